The standard InChI is InChI=1S/C15H12N2O/c1-17-13-10-6-5-9-12(13)14(15(17)18)16-11-7-3-2-4-8-11/h2-10H,1H3/b16-14+. The number of carbonyl (C=O) groups is 1. The highest BCUT2D eigenvalue weighted by Gasteiger charge is 2.30. The number of anilines is 1. The number of hydrogen-bond acceptors (Lipinski definition) is 2. The molecule has 0 bridgehead atoms. The number of fused-ring (bicyclic) bond motifs is 1. The smallest absolute Gasteiger partial charge is 0.277 e. The summed E-state index contributed by atoms with van der Waals surface area (Å²) in [6.07, 6.45) is 0. The van der Waals surface area contributed by atoms with Crippen molar-refractivity contribution in [2.45, 2.75) is 0 Å². The molecule has 0 atom stereocenters. The summed E-state index contributed by atoms with van der Waals surface area (Å²) in [5.41, 5.74) is 3.12. The molecule has 0 radical (unpaired) electrons. The molecule has 0 aliphatic carbocycles. The van der Waals surface area contributed by atoms with Crippen molar-refractivity contribution in [3.63, 3.8) is 0 Å². The predicted octanol–water partition coefficient (Wildman–Crippen LogP) is 2.78. The van der Waals surface area contributed by atoms with E-state index in [1.54, 1.807) is 11.9 Å². The fourth-order valence-corrected chi connectivity index (χ4v) is 2.09. The first-order chi connectivity index (χ1) is 8.77. The quantitative estimate of drug-likeness (QED) is 0.749. The zero-order valence-electron chi connectivity index (χ0n) is 10.00. The molecule has 0 saturated carbocycles. The van der Waals surface area contributed by atoms with Crippen LogP contribution in [0.3, 0.4) is 0 Å². The van der Waals surface area contributed by atoms with Crippen LogP contribution in [0.5, 0.6) is 0 Å². The topological polar surface area (TPSA) is 32.7 Å². The van der Waals surface area contributed by atoms with E-state index in [0.717, 1.165) is 16.9 Å². The lowest BCUT2D eigenvalue weighted by Gasteiger charge is -2.07. The van der Waals surface area contributed by atoms with Gasteiger partial charge in [0, 0.05) is 12.6 Å². The molecule has 0 spiro atoms. The van der Waals surface area contributed by atoms with Crippen molar-refractivity contribution >= 4 is 23.0 Å². The molecule has 3 nitrogen and oxygen atoms in total. The number of likely N-dealkylation sites (N-methyl/N-ethyl adjacent to an activating group) is 1. The first-order valence-electron chi connectivity index (χ1n) is 5.78. The summed E-state index contributed by atoms with van der Waals surface area (Å²) in [4.78, 5) is 18.3. The number of nitrogens with zero attached hydrogens (tertiary/aromatic N) is 2. The van der Waals surface area contributed by atoms with Crippen molar-refractivity contribution in [1.29, 1.82) is 0 Å². The van der Waals surface area contributed by atoms with Gasteiger partial charge in [-0.15, -0.1) is 0 Å². The van der Waals surface area contributed by atoms with Gasteiger partial charge in [0.15, 0.2) is 0 Å². The molecule has 0 saturated heterocycles. The zero-order valence-corrected chi connectivity index (χ0v) is 10.00. The van der Waals surface area contributed by atoms with Gasteiger partial charge in [-0.2, -0.15) is 0 Å². The number of benzene rings is 2. The molecule has 1 heterocycles. The van der Waals surface area contributed by atoms with Gasteiger partial charge < -0.3 is 4.90 Å². The van der Waals surface area contributed by atoms with Gasteiger partial charge in [0.25, 0.3) is 5.91 Å². The van der Waals surface area contributed by atoms with Gasteiger partial charge in [-0.05, 0) is 18.2 Å². The molecule has 1 aliphatic heterocycles. The lowest BCUT2D eigenvalue weighted by atomic mass is 10.1. The first-order valence-corrected chi connectivity index (χ1v) is 5.78. The maximum absolute atomic E-state index is 12.2. The van der Waals surface area contributed by atoms with Crippen LogP contribution in [0.25, 0.3) is 0 Å². The highest BCUT2D eigenvalue weighted by Crippen LogP contribution is 2.29. The Balaban J connectivity index is 2.14. The van der Waals surface area contributed by atoms with Gasteiger partial charge >= 0.3 is 0 Å². The molecule has 2 aromatic carbocycles. The molecule has 18 heavy (non-hydrogen) atoms. The van der Waals surface area contributed by atoms with Crippen molar-refractivity contribution in [1.82, 2.24) is 0 Å². The summed E-state index contributed by atoms with van der Waals surface area (Å²) < 4.78 is 0. The van der Waals surface area contributed by atoms with Crippen LogP contribution in [-0.2, 0) is 4.79 Å². The second-order valence-corrected chi connectivity index (χ2v) is 4.18. The van der Waals surface area contributed by atoms with Crippen LogP contribution in [0.15, 0.2) is 59.6 Å². The number of rotatable bonds is 1. The molecule has 88 valence electrons. The third kappa shape index (κ3) is 1.61. The van der Waals surface area contributed by atoms with Crippen molar-refractivity contribution in [3.05, 3.63) is 60.2 Å². The van der Waals surface area contributed by atoms with Crippen LogP contribution < -0.4 is 4.90 Å². The molecule has 0 aromatic heterocycles. The Kier molecular flexibility index (Phi) is 2.45. The summed E-state index contributed by atoms with van der Waals surface area (Å²) in [6.45, 7) is 0. The fraction of sp³-hybridized carbons (Fsp3) is 0.0667. The summed E-state index contributed by atoms with van der Waals surface area (Å²) >= 11 is 0. The molecule has 0 unspecified atom stereocenters. The van der Waals surface area contributed by atoms with E-state index < -0.39 is 0 Å². The van der Waals surface area contributed by atoms with E-state index in [1.807, 2.05) is 54.6 Å². The summed E-state index contributed by atoms with van der Waals surface area (Å²) in [5, 5.41) is 0. The second kappa shape index (κ2) is 4.11. The van der Waals surface area contributed by atoms with Gasteiger partial charge in [0.1, 0.15) is 5.71 Å². The summed E-state index contributed by atoms with van der Waals surface area (Å²) in [6, 6.07) is 17.2. The van der Waals surface area contributed by atoms with E-state index in [2.05, 4.69) is 4.99 Å². The second-order valence-electron chi connectivity index (χ2n) is 4.18. The predicted molar refractivity (Wildman–Crippen MR) is 72.5 cm³/mol. The van der Waals surface area contributed by atoms with Gasteiger partial charge in [-0.25, -0.2) is 4.99 Å². The Morgan fingerprint density at radius 3 is 2.39 bits per heavy atom. The van der Waals surface area contributed by atoms with E-state index in [-0.39, 0.29) is 5.91 Å². The van der Waals surface area contributed by atoms with E-state index in [4.69, 9.17) is 0 Å². The summed E-state index contributed by atoms with van der Waals surface area (Å²) in [5.74, 6) is -0.0555. The van der Waals surface area contributed by atoms with Crippen LogP contribution in [0.2, 0.25) is 0 Å². The molecule has 3 heteroatoms. The van der Waals surface area contributed by atoms with Crippen LogP contribution >= 0.6 is 0 Å². The van der Waals surface area contributed by atoms with E-state index in [9.17, 15) is 4.79 Å². The lowest BCUT2D eigenvalue weighted by Crippen LogP contribution is -2.25. The third-order valence-electron chi connectivity index (χ3n) is 3.02. The molecule has 1 aliphatic rings. The molecule has 0 N–H and O–H groups in total. The van der Waals surface area contributed by atoms with Gasteiger partial charge in [-0.1, -0.05) is 36.4 Å². The highest BCUT2D eigenvalue weighted by molar-refractivity contribution is 6.54. The van der Waals surface area contributed by atoms with Crippen molar-refractivity contribution in [2.75, 3.05) is 11.9 Å². The van der Waals surface area contributed by atoms with Gasteiger partial charge in [-0.3, -0.25) is 4.79 Å². The first kappa shape index (κ1) is 10.7. The Morgan fingerprint density at radius 2 is 1.61 bits per heavy atom. The van der Waals surface area contributed by atoms with E-state index >= 15 is 0 Å². The maximum Gasteiger partial charge on any atom is 0.277 e. The number of aliphatic imine (C=N–C) groups is 1. The van der Waals surface area contributed by atoms with E-state index in [1.165, 1.54) is 0 Å². The largest absolute Gasteiger partial charge is 0.309 e. The van der Waals surface area contributed by atoms with Crippen LogP contribution in [0.1, 0.15) is 5.56 Å². The molecule has 0 fully saturated rings. The highest BCUT2D eigenvalue weighted by atomic mass is 16.2. The van der Waals surface area contributed by atoms with Gasteiger partial charge in [0.2, 0.25) is 0 Å². The van der Waals surface area contributed by atoms with Gasteiger partial charge in [0.05, 0.1) is 11.4 Å². The SMILES string of the molecule is CN1C(=O)/C(=N/c2ccccc2)c2ccccc21. The monoisotopic (exact) mass is 236 g/mol. The fourth-order valence-electron chi connectivity index (χ4n) is 2.09. The molecular formula is C15H12N2O. The number of carbonyl (C=O) groups excluding carboxylic acids is 1. The maximum atomic E-state index is 12.2. The Hall–Kier alpha value is -2.42. The lowest BCUT2D eigenvalue weighted by molar-refractivity contribution is -0.111. The number of amides is 1. The van der Waals surface area contributed by atoms with Crippen LogP contribution in [0.4, 0.5) is 11.4 Å². The average Bonchev–Trinajstić information content (AvgIpc) is 2.66. The zero-order chi connectivity index (χ0) is 12.5. The molecule has 3 rings (SSSR count). The van der Waals surface area contributed by atoms with Crippen molar-refractivity contribution < 1.29 is 4.79 Å². The summed E-state index contributed by atoms with van der Waals surface area (Å²) in [7, 11) is 1.77. The van der Waals surface area contributed by atoms with Crippen molar-refractivity contribution in [2.24, 2.45) is 4.99 Å². The third-order valence-corrected chi connectivity index (χ3v) is 3.02. The minimum Gasteiger partial charge on any atom is -0.309 e. The van der Waals surface area contributed by atoms with Crippen molar-refractivity contribution in [3.8, 4) is 0 Å². The molecule has 2 aromatic rings. The Bertz CT molecular complexity index is 632. The molecule has 1 amide bonds. The molecular weight excluding hydrogens is 224 g/mol. The number of para-hydroxylation sites is 2. The van der Waals surface area contributed by atoms with E-state index in [0.29, 0.717) is 5.71 Å². The van der Waals surface area contributed by atoms with Crippen LogP contribution in [0, 0.1) is 0 Å². The Morgan fingerprint density at radius 1 is 0.944 bits per heavy atom. The Labute approximate surface area is 105 Å². The average molecular weight is 236 g/mol. The van der Waals surface area contributed by atoms with Crippen LogP contribution in [-0.4, -0.2) is 18.7 Å². The minimum absolute atomic E-state index is 0.0555. The number of hydrogen-bond donors (Lipinski definition) is 0. The normalized spacial score (nSPS) is 16.2. The minimum atomic E-state index is -0.0555.